The number of ether oxygens (including phenoxy) is 2. The zero-order valence-corrected chi connectivity index (χ0v) is 15.4. The van der Waals surface area contributed by atoms with Gasteiger partial charge in [-0.3, -0.25) is 14.5 Å². The Labute approximate surface area is 156 Å². The first-order valence-electron chi connectivity index (χ1n) is 9.24. The van der Waals surface area contributed by atoms with Crippen molar-refractivity contribution in [1.29, 1.82) is 0 Å². The number of carboxylic acid groups (broad SMARTS) is 1. The van der Waals surface area contributed by atoms with Crippen molar-refractivity contribution in [3.63, 3.8) is 0 Å². The molecule has 1 unspecified atom stereocenters. The second kappa shape index (κ2) is 6.98. The molecule has 2 aliphatic heterocycles. The Balaban J connectivity index is 1.59. The number of carboxylic acids is 1. The van der Waals surface area contributed by atoms with E-state index in [4.69, 9.17) is 9.47 Å². The third-order valence-electron chi connectivity index (χ3n) is 6.03. The maximum absolute atomic E-state index is 12.5. The van der Waals surface area contributed by atoms with Crippen LogP contribution in [-0.4, -0.2) is 54.4 Å². The summed E-state index contributed by atoms with van der Waals surface area (Å²) in [6.45, 7) is 2.82. The molecule has 7 heteroatoms. The van der Waals surface area contributed by atoms with Gasteiger partial charge in [-0.15, -0.1) is 0 Å². The summed E-state index contributed by atoms with van der Waals surface area (Å²) in [5, 5.41) is 10.6. The number of rotatable bonds is 4. The smallest absolute Gasteiger partial charge is 0.308 e. The Morgan fingerprint density at radius 3 is 2.85 bits per heavy atom. The van der Waals surface area contributed by atoms with E-state index in [1.54, 1.807) is 13.2 Å². The molecule has 2 fully saturated rings. The predicted octanol–water partition coefficient (Wildman–Crippen LogP) is 1.85. The molecule has 2 aliphatic rings. The maximum Gasteiger partial charge on any atom is 0.308 e. The van der Waals surface area contributed by atoms with Crippen molar-refractivity contribution < 1.29 is 19.4 Å². The van der Waals surface area contributed by atoms with Gasteiger partial charge < -0.3 is 19.6 Å². The summed E-state index contributed by atoms with van der Waals surface area (Å²) >= 11 is 0. The van der Waals surface area contributed by atoms with Crippen LogP contribution >= 0.6 is 0 Å². The molecule has 3 heterocycles. The van der Waals surface area contributed by atoms with Crippen LogP contribution in [0.25, 0.3) is 10.9 Å². The zero-order chi connectivity index (χ0) is 19.0. The van der Waals surface area contributed by atoms with Gasteiger partial charge in [-0.1, -0.05) is 0 Å². The number of hydrogen-bond acceptors (Lipinski definition) is 5. The lowest BCUT2D eigenvalue weighted by Crippen LogP contribution is -2.40. The van der Waals surface area contributed by atoms with Gasteiger partial charge in [0, 0.05) is 49.9 Å². The first kappa shape index (κ1) is 18.0. The largest absolute Gasteiger partial charge is 0.497 e. The Morgan fingerprint density at radius 1 is 1.37 bits per heavy atom. The van der Waals surface area contributed by atoms with E-state index in [2.05, 4.69) is 9.88 Å². The summed E-state index contributed by atoms with van der Waals surface area (Å²) < 4.78 is 10.6. The number of likely N-dealkylation sites (tertiary alicyclic amines) is 1. The molecule has 0 saturated carbocycles. The summed E-state index contributed by atoms with van der Waals surface area (Å²) in [7, 11) is 1.59. The van der Waals surface area contributed by atoms with Crippen LogP contribution in [0.3, 0.4) is 0 Å². The molecule has 27 heavy (non-hydrogen) atoms. The van der Waals surface area contributed by atoms with Crippen LogP contribution in [-0.2, 0) is 16.1 Å². The highest BCUT2D eigenvalue weighted by Crippen LogP contribution is 2.44. The summed E-state index contributed by atoms with van der Waals surface area (Å²) in [5.41, 5.74) is 0.992. The van der Waals surface area contributed by atoms with Gasteiger partial charge in [-0.05, 0) is 36.4 Å². The van der Waals surface area contributed by atoms with Crippen molar-refractivity contribution in [2.45, 2.75) is 19.4 Å². The van der Waals surface area contributed by atoms with Gasteiger partial charge in [0.2, 0.25) is 0 Å². The van der Waals surface area contributed by atoms with Crippen LogP contribution < -0.4 is 10.3 Å². The molecule has 2 aromatic rings. The molecule has 0 aliphatic carbocycles. The van der Waals surface area contributed by atoms with Gasteiger partial charge in [0.05, 0.1) is 18.5 Å². The van der Waals surface area contributed by atoms with Crippen molar-refractivity contribution in [3.05, 3.63) is 40.2 Å². The van der Waals surface area contributed by atoms with Gasteiger partial charge in [-0.25, -0.2) is 0 Å². The van der Waals surface area contributed by atoms with E-state index >= 15 is 0 Å². The summed E-state index contributed by atoms with van der Waals surface area (Å²) in [6, 6.07) is 7.46. The van der Waals surface area contributed by atoms with Crippen LogP contribution in [0.4, 0.5) is 0 Å². The lowest BCUT2D eigenvalue weighted by molar-refractivity contribution is -0.147. The number of carbonyl (C=O) groups is 1. The van der Waals surface area contributed by atoms with Gasteiger partial charge in [0.1, 0.15) is 5.75 Å². The highest BCUT2D eigenvalue weighted by Gasteiger charge is 2.50. The highest BCUT2D eigenvalue weighted by molar-refractivity contribution is 5.80. The second-order valence-electron chi connectivity index (χ2n) is 7.61. The lowest BCUT2D eigenvalue weighted by atomic mass is 9.72. The standard InChI is InChI=1S/C20H24N2O5/c1-26-15-3-2-13-8-14(18(23)21-17(13)9-15)10-22-11-16(19(24)25)20(12-22)4-6-27-7-5-20/h2-3,8-9,16H,4-7,10-12H2,1H3,(H,21,23)(H,24,25). The van der Waals surface area contributed by atoms with Crippen LogP contribution in [0, 0.1) is 11.3 Å². The Bertz CT molecular complexity index is 916. The third kappa shape index (κ3) is 3.33. The Hall–Kier alpha value is -2.38. The molecule has 144 valence electrons. The fourth-order valence-electron chi connectivity index (χ4n) is 4.53. The monoisotopic (exact) mass is 372 g/mol. The molecule has 0 bridgehead atoms. The molecule has 0 radical (unpaired) electrons. The van der Waals surface area contributed by atoms with E-state index in [-0.39, 0.29) is 11.0 Å². The van der Waals surface area contributed by atoms with Crippen molar-refractivity contribution in [2.75, 3.05) is 33.4 Å². The minimum Gasteiger partial charge on any atom is -0.497 e. The van der Waals surface area contributed by atoms with E-state index in [1.165, 1.54) is 0 Å². The molecule has 1 aromatic carbocycles. The first-order chi connectivity index (χ1) is 13.0. The van der Waals surface area contributed by atoms with Crippen LogP contribution in [0.15, 0.2) is 29.1 Å². The Kier molecular flexibility index (Phi) is 4.65. The first-order valence-corrected chi connectivity index (χ1v) is 9.24. The van der Waals surface area contributed by atoms with Gasteiger partial charge >= 0.3 is 5.97 Å². The highest BCUT2D eigenvalue weighted by atomic mass is 16.5. The molecule has 2 N–H and O–H groups in total. The zero-order valence-electron chi connectivity index (χ0n) is 15.4. The lowest BCUT2D eigenvalue weighted by Gasteiger charge is -2.36. The number of benzene rings is 1. The molecular formula is C20H24N2O5. The molecule has 1 spiro atoms. The van der Waals surface area contributed by atoms with E-state index in [9.17, 15) is 14.7 Å². The molecular weight excluding hydrogens is 348 g/mol. The summed E-state index contributed by atoms with van der Waals surface area (Å²) in [6.07, 6.45) is 1.52. The molecule has 4 rings (SSSR count). The number of methoxy groups -OCH3 is 1. The van der Waals surface area contributed by atoms with Crippen molar-refractivity contribution in [3.8, 4) is 5.75 Å². The minimum atomic E-state index is -0.751. The van der Waals surface area contributed by atoms with E-state index in [0.29, 0.717) is 44.2 Å². The molecule has 7 nitrogen and oxygen atoms in total. The maximum atomic E-state index is 12.5. The predicted molar refractivity (Wildman–Crippen MR) is 100 cm³/mol. The minimum absolute atomic E-state index is 0.143. The van der Waals surface area contributed by atoms with Crippen LogP contribution in [0.1, 0.15) is 18.4 Å². The van der Waals surface area contributed by atoms with Gasteiger partial charge in [0.15, 0.2) is 0 Å². The van der Waals surface area contributed by atoms with Gasteiger partial charge in [-0.2, -0.15) is 0 Å². The van der Waals surface area contributed by atoms with Crippen molar-refractivity contribution in [1.82, 2.24) is 9.88 Å². The fourth-order valence-corrected chi connectivity index (χ4v) is 4.53. The number of hydrogen-bond donors (Lipinski definition) is 2. The van der Waals surface area contributed by atoms with E-state index < -0.39 is 11.9 Å². The topological polar surface area (TPSA) is 91.9 Å². The fraction of sp³-hybridized carbons (Fsp3) is 0.500. The number of nitrogens with zero attached hydrogens (tertiary/aromatic N) is 1. The number of nitrogens with one attached hydrogen (secondary N) is 1. The number of pyridine rings is 1. The quantitative estimate of drug-likeness (QED) is 0.851. The Morgan fingerprint density at radius 2 is 2.15 bits per heavy atom. The third-order valence-corrected chi connectivity index (χ3v) is 6.03. The number of fused-ring (bicyclic) bond motifs is 1. The van der Waals surface area contributed by atoms with Crippen LogP contribution in [0.2, 0.25) is 0 Å². The normalized spacial score (nSPS) is 22.3. The number of aliphatic carboxylic acids is 1. The molecule has 2 saturated heterocycles. The van der Waals surface area contributed by atoms with Crippen molar-refractivity contribution in [2.24, 2.45) is 11.3 Å². The molecule has 1 atom stereocenters. The van der Waals surface area contributed by atoms with E-state index in [0.717, 1.165) is 23.7 Å². The van der Waals surface area contributed by atoms with Gasteiger partial charge in [0.25, 0.3) is 5.56 Å². The average Bonchev–Trinajstić information content (AvgIpc) is 3.00. The summed E-state index contributed by atoms with van der Waals surface area (Å²) in [4.78, 5) is 29.4. The second-order valence-corrected chi connectivity index (χ2v) is 7.61. The number of H-pyrrole nitrogens is 1. The average molecular weight is 372 g/mol. The SMILES string of the molecule is COc1ccc2cc(CN3CC(C(=O)O)C4(CCOCC4)C3)c(=O)[nH]c2c1. The molecule has 0 amide bonds. The molecule has 1 aromatic heterocycles. The van der Waals surface area contributed by atoms with Crippen molar-refractivity contribution >= 4 is 16.9 Å². The summed E-state index contributed by atoms with van der Waals surface area (Å²) in [5.74, 6) is -0.472. The van der Waals surface area contributed by atoms with Crippen LogP contribution in [0.5, 0.6) is 5.75 Å². The number of aromatic nitrogens is 1. The van der Waals surface area contributed by atoms with E-state index in [1.807, 2.05) is 18.2 Å². The number of aromatic amines is 1.